The zero-order chi connectivity index (χ0) is 11.5. The van der Waals surface area contributed by atoms with Crippen LogP contribution in [0.25, 0.3) is 0 Å². The molecule has 0 aliphatic rings. The van der Waals surface area contributed by atoms with Crippen LogP contribution in [0, 0.1) is 11.2 Å². The van der Waals surface area contributed by atoms with E-state index in [1.807, 2.05) is 20.9 Å². The van der Waals surface area contributed by atoms with Gasteiger partial charge < -0.3 is 10.4 Å². The van der Waals surface area contributed by atoms with Crippen LogP contribution in [-0.4, -0.2) is 18.7 Å². The fourth-order valence-electron chi connectivity index (χ4n) is 1.68. The largest absolute Gasteiger partial charge is 0.388 e. The summed E-state index contributed by atoms with van der Waals surface area (Å²) in [5, 5.41) is 13.1. The fraction of sp³-hybridized carbons (Fsp3) is 0.500. The van der Waals surface area contributed by atoms with Crippen LogP contribution in [0.15, 0.2) is 24.3 Å². The Morgan fingerprint density at radius 3 is 2.67 bits per heavy atom. The summed E-state index contributed by atoms with van der Waals surface area (Å²) in [5.74, 6) is -0.313. The third kappa shape index (κ3) is 3.01. The summed E-state index contributed by atoms with van der Waals surface area (Å²) in [6.07, 6.45) is -0.666. The molecule has 0 heterocycles. The van der Waals surface area contributed by atoms with Crippen LogP contribution in [0.3, 0.4) is 0 Å². The van der Waals surface area contributed by atoms with Crippen molar-refractivity contribution < 1.29 is 9.50 Å². The third-order valence-corrected chi connectivity index (χ3v) is 2.54. The second-order valence-electron chi connectivity index (χ2n) is 4.48. The van der Waals surface area contributed by atoms with E-state index in [0.29, 0.717) is 12.1 Å². The van der Waals surface area contributed by atoms with Crippen LogP contribution < -0.4 is 5.32 Å². The highest BCUT2D eigenvalue weighted by molar-refractivity contribution is 5.20. The minimum atomic E-state index is -0.666. The monoisotopic (exact) mass is 211 g/mol. The molecule has 0 spiro atoms. The Balaban J connectivity index is 2.88. The zero-order valence-electron chi connectivity index (χ0n) is 9.42. The van der Waals surface area contributed by atoms with Crippen molar-refractivity contribution in [1.82, 2.24) is 5.32 Å². The van der Waals surface area contributed by atoms with Crippen molar-refractivity contribution in [3.8, 4) is 0 Å². The maximum absolute atomic E-state index is 13.0. The van der Waals surface area contributed by atoms with Crippen LogP contribution in [0.1, 0.15) is 25.5 Å². The standard InChI is InChI=1S/C12H18FNO/c1-12(2,8-14-3)11(15)9-5-4-6-10(13)7-9/h4-7,11,14-15H,8H2,1-3H3. The molecule has 2 N–H and O–H groups in total. The fourth-order valence-corrected chi connectivity index (χ4v) is 1.68. The highest BCUT2D eigenvalue weighted by Crippen LogP contribution is 2.32. The summed E-state index contributed by atoms with van der Waals surface area (Å²) in [6.45, 7) is 4.56. The zero-order valence-corrected chi connectivity index (χ0v) is 9.42. The van der Waals surface area contributed by atoms with Crippen molar-refractivity contribution >= 4 is 0 Å². The molecule has 1 atom stereocenters. The smallest absolute Gasteiger partial charge is 0.123 e. The lowest BCUT2D eigenvalue weighted by molar-refractivity contribution is 0.0504. The van der Waals surface area contributed by atoms with Gasteiger partial charge in [-0.2, -0.15) is 0 Å². The van der Waals surface area contributed by atoms with E-state index in [4.69, 9.17) is 0 Å². The summed E-state index contributed by atoms with van der Waals surface area (Å²) < 4.78 is 13.0. The predicted molar refractivity (Wildman–Crippen MR) is 59.1 cm³/mol. The molecule has 0 aliphatic carbocycles. The Morgan fingerprint density at radius 1 is 1.47 bits per heavy atom. The summed E-state index contributed by atoms with van der Waals surface area (Å²) in [5.41, 5.74) is 0.304. The first-order chi connectivity index (χ1) is 6.97. The molecule has 2 nitrogen and oxygen atoms in total. The number of nitrogens with one attached hydrogen (secondary N) is 1. The molecule has 0 amide bonds. The molecule has 0 bridgehead atoms. The van der Waals surface area contributed by atoms with E-state index in [1.54, 1.807) is 12.1 Å². The summed E-state index contributed by atoms with van der Waals surface area (Å²) in [7, 11) is 1.83. The lowest BCUT2D eigenvalue weighted by Crippen LogP contribution is -2.32. The number of aliphatic hydroxyl groups excluding tert-OH is 1. The topological polar surface area (TPSA) is 32.3 Å². The highest BCUT2D eigenvalue weighted by Gasteiger charge is 2.28. The molecule has 3 heteroatoms. The molecule has 1 unspecified atom stereocenters. The average Bonchev–Trinajstić information content (AvgIpc) is 2.16. The summed E-state index contributed by atoms with van der Waals surface area (Å²) >= 11 is 0. The minimum Gasteiger partial charge on any atom is -0.388 e. The average molecular weight is 211 g/mol. The van der Waals surface area contributed by atoms with Crippen molar-refractivity contribution in [3.05, 3.63) is 35.6 Å². The predicted octanol–water partition coefficient (Wildman–Crippen LogP) is 2.10. The summed E-state index contributed by atoms with van der Waals surface area (Å²) in [6, 6.07) is 6.11. The minimum absolute atomic E-state index is 0.313. The van der Waals surface area contributed by atoms with Crippen molar-refractivity contribution in [1.29, 1.82) is 0 Å². The van der Waals surface area contributed by atoms with Crippen molar-refractivity contribution in [2.75, 3.05) is 13.6 Å². The number of rotatable bonds is 4. The van der Waals surface area contributed by atoms with Crippen molar-refractivity contribution in [2.45, 2.75) is 20.0 Å². The normalized spacial score (nSPS) is 13.9. The van der Waals surface area contributed by atoms with Gasteiger partial charge in [-0.15, -0.1) is 0 Å². The Morgan fingerprint density at radius 2 is 2.13 bits per heavy atom. The third-order valence-electron chi connectivity index (χ3n) is 2.54. The second kappa shape index (κ2) is 4.73. The van der Waals surface area contributed by atoms with Gasteiger partial charge >= 0.3 is 0 Å². The van der Waals surface area contributed by atoms with Gasteiger partial charge in [-0.1, -0.05) is 26.0 Å². The summed E-state index contributed by atoms with van der Waals surface area (Å²) in [4.78, 5) is 0. The van der Waals surface area contributed by atoms with Gasteiger partial charge in [0.15, 0.2) is 0 Å². The van der Waals surface area contributed by atoms with Gasteiger partial charge in [0.05, 0.1) is 6.10 Å². The van der Waals surface area contributed by atoms with Crippen molar-refractivity contribution in [3.63, 3.8) is 0 Å². The number of benzene rings is 1. The van der Waals surface area contributed by atoms with Crippen LogP contribution >= 0.6 is 0 Å². The molecule has 0 aromatic heterocycles. The molecule has 1 aromatic rings. The Kier molecular flexibility index (Phi) is 3.83. The second-order valence-corrected chi connectivity index (χ2v) is 4.48. The molecule has 15 heavy (non-hydrogen) atoms. The molecule has 0 radical (unpaired) electrons. The molecule has 1 rings (SSSR count). The Labute approximate surface area is 90.1 Å². The van der Waals surface area contributed by atoms with Gasteiger partial charge in [-0.3, -0.25) is 0 Å². The maximum atomic E-state index is 13.0. The van der Waals surface area contributed by atoms with Crippen LogP contribution in [0.5, 0.6) is 0 Å². The van der Waals surface area contributed by atoms with Crippen molar-refractivity contribution in [2.24, 2.45) is 5.41 Å². The van der Waals surface area contributed by atoms with E-state index >= 15 is 0 Å². The van der Waals surface area contributed by atoms with E-state index in [2.05, 4.69) is 5.32 Å². The van der Waals surface area contributed by atoms with Gasteiger partial charge in [-0.05, 0) is 24.7 Å². The lowest BCUT2D eigenvalue weighted by atomic mass is 9.82. The van der Waals surface area contributed by atoms with Crippen LogP contribution in [0.2, 0.25) is 0 Å². The molecule has 0 aliphatic heterocycles. The van der Waals surface area contributed by atoms with E-state index < -0.39 is 6.10 Å². The van der Waals surface area contributed by atoms with Gasteiger partial charge in [0.25, 0.3) is 0 Å². The van der Waals surface area contributed by atoms with Gasteiger partial charge in [0.2, 0.25) is 0 Å². The Hall–Kier alpha value is -0.930. The number of halogens is 1. The van der Waals surface area contributed by atoms with E-state index in [1.165, 1.54) is 12.1 Å². The van der Waals surface area contributed by atoms with E-state index in [9.17, 15) is 9.50 Å². The lowest BCUT2D eigenvalue weighted by Gasteiger charge is -2.30. The van der Waals surface area contributed by atoms with E-state index in [-0.39, 0.29) is 11.2 Å². The highest BCUT2D eigenvalue weighted by atomic mass is 19.1. The van der Waals surface area contributed by atoms with Crippen LogP contribution in [0.4, 0.5) is 4.39 Å². The molecule has 84 valence electrons. The van der Waals surface area contributed by atoms with Gasteiger partial charge in [0.1, 0.15) is 5.82 Å². The first-order valence-corrected chi connectivity index (χ1v) is 5.05. The molecular formula is C12H18FNO. The molecule has 0 saturated carbocycles. The van der Waals surface area contributed by atoms with E-state index in [0.717, 1.165) is 0 Å². The maximum Gasteiger partial charge on any atom is 0.123 e. The SMILES string of the molecule is CNCC(C)(C)C(O)c1cccc(F)c1. The number of aliphatic hydroxyl groups is 1. The molecular weight excluding hydrogens is 193 g/mol. The number of hydrogen-bond acceptors (Lipinski definition) is 2. The van der Waals surface area contributed by atoms with Gasteiger partial charge in [-0.25, -0.2) is 4.39 Å². The van der Waals surface area contributed by atoms with Crippen LogP contribution in [-0.2, 0) is 0 Å². The molecule has 0 saturated heterocycles. The first kappa shape index (κ1) is 12.1. The first-order valence-electron chi connectivity index (χ1n) is 5.05. The quantitative estimate of drug-likeness (QED) is 0.799. The van der Waals surface area contributed by atoms with Gasteiger partial charge in [0, 0.05) is 12.0 Å². The number of hydrogen-bond donors (Lipinski definition) is 2. The molecule has 0 fully saturated rings. The molecule has 1 aromatic carbocycles. The Bertz CT molecular complexity index is 325.